The molecular formula is C24H23ClN4O2. The summed E-state index contributed by atoms with van der Waals surface area (Å²) in [6, 6.07) is 15.3. The molecule has 1 fully saturated rings. The maximum atomic E-state index is 13.0. The van der Waals surface area contributed by atoms with Crippen LogP contribution in [0.25, 0.3) is 16.6 Å². The highest BCUT2D eigenvalue weighted by Crippen LogP contribution is 2.35. The third-order valence-electron chi connectivity index (χ3n) is 6.02. The summed E-state index contributed by atoms with van der Waals surface area (Å²) in [6.07, 6.45) is 5.74. The van der Waals surface area contributed by atoms with Gasteiger partial charge in [-0.05, 0) is 66.8 Å². The fraction of sp³-hybridized carbons (Fsp3) is 0.250. The predicted molar refractivity (Wildman–Crippen MR) is 121 cm³/mol. The number of amides is 1. The minimum absolute atomic E-state index is 0.0279. The van der Waals surface area contributed by atoms with E-state index in [0.717, 1.165) is 29.8 Å². The maximum Gasteiger partial charge on any atom is 0.274 e. The zero-order valence-electron chi connectivity index (χ0n) is 17.2. The van der Waals surface area contributed by atoms with Crippen LogP contribution in [0, 0.1) is 0 Å². The van der Waals surface area contributed by atoms with Gasteiger partial charge in [-0.15, -0.1) is 0 Å². The van der Waals surface area contributed by atoms with Gasteiger partial charge in [0.1, 0.15) is 5.75 Å². The number of fused-ring (bicyclic) bond motifs is 1. The Morgan fingerprint density at radius 3 is 2.77 bits per heavy atom. The van der Waals surface area contributed by atoms with Crippen molar-refractivity contribution < 1.29 is 9.53 Å². The first-order valence-corrected chi connectivity index (χ1v) is 10.8. The number of aromatic amines is 1. The highest BCUT2D eigenvalue weighted by molar-refractivity contribution is 6.30. The van der Waals surface area contributed by atoms with Crippen molar-refractivity contribution in [1.82, 2.24) is 19.7 Å². The van der Waals surface area contributed by atoms with Gasteiger partial charge in [0.15, 0.2) is 5.69 Å². The highest BCUT2D eigenvalue weighted by Gasteiger charge is 2.27. The molecule has 0 aliphatic carbocycles. The number of halogens is 1. The van der Waals surface area contributed by atoms with E-state index in [4.69, 9.17) is 16.3 Å². The Bertz CT molecular complexity index is 1240. The summed E-state index contributed by atoms with van der Waals surface area (Å²) in [5, 5.41) is 6.31. The van der Waals surface area contributed by atoms with Gasteiger partial charge in [0.05, 0.1) is 12.8 Å². The van der Waals surface area contributed by atoms with Gasteiger partial charge in [-0.2, -0.15) is 5.10 Å². The Morgan fingerprint density at radius 1 is 1.16 bits per heavy atom. The zero-order valence-corrected chi connectivity index (χ0v) is 18.0. The second-order valence-electron chi connectivity index (χ2n) is 7.85. The topological polar surface area (TPSA) is 63.1 Å². The Hall–Kier alpha value is -3.25. The van der Waals surface area contributed by atoms with E-state index in [-0.39, 0.29) is 5.91 Å². The van der Waals surface area contributed by atoms with E-state index < -0.39 is 0 Å². The van der Waals surface area contributed by atoms with Crippen molar-refractivity contribution in [3.05, 3.63) is 77.2 Å². The third-order valence-corrected chi connectivity index (χ3v) is 6.26. The van der Waals surface area contributed by atoms with Gasteiger partial charge < -0.3 is 14.6 Å². The largest absolute Gasteiger partial charge is 0.497 e. The molecule has 158 valence electrons. The standard InChI is InChI=1S/C24H23ClN4O2/c1-31-19-5-6-22-20(14-19)21(15-26-22)16-7-10-28(11-8-16)24(30)23-9-12-29(27-23)18-4-2-3-17(25)13-18/h2-6,9,12-16,26H,7-8,10-11H2,1H3. The van der Waals surface area contributed by atoms with Crippen LogP contribution in [0.5, 0.6) is 5.75 Å². The number of ether oxygens (including phenoxy) is 1. The minimum atomic E-state index is -0.0279. The van der Waals surface area contributed by atoms with Crippen molar-refractivity contribution in [3.8, 4) is 11.4 Å². The molecule has 7 heteroatoms. The number of hydrogen-bond acceptors (Lipinski definition) is 3. The van der Waals surface area contributed by atoms with Crippen LogP contribution in [0.2, 0.25) is 5.02 Å². The van der Waals surface area contributed by atoms with Crippen molar-refractivity contribution in [2.45, 2.75) is 18.8 Å². The van der Waals surface area contributed by atoms with Crippen LogP contribution in [0.4, 0.5) is 0 Å². The molecular weight excluding hydrogens is 412 g/mol. The van der Waals surface area contributed by atoms with Crippen LogP contribution >= 0.6 is 11.6 Å². The van der Waals surface area contributed by atoms with Gasteiger partial charge in [0, 0.05) is 41.4 Å². The number of H-pyrrole nitrogens is 1. The molecule has 31 heavy (non-hydrogen) atoms. The smallest absolute Gasteiger partial charge is 0.274 e. The molecule has 2 aromatic heterocycles. The normalized spacial score (nSPS) is 14.8. The first-order chi connectivity index (χ1) is 15.1. The van der Waals surface area contributed by atoms with Gasteiger partial charge in [-0.25, -0.2) is 4.68 Å². The van der Waals surface area contributed by atoms with Gasteiger partial charge in [0.25, 0.3) is 5.91 Å². The summed E-state index contributed by atoms with van der Waals surface area (Å²) < 4.78 is 7.07. The SMILES string of the molecule is COc1ccc2[nH]cc(C3CCN(C(=O)c4ccn(-c5cccc(Cl)c5)n4)CC3)c2c1. The quantitative estimate of drug-likeness (QED) is 0.489. The molecule has 1 saturated heterocycles. The molecule has 5 rings (SSSR count). The van der Waals surface area contributed by atoms with E-state index in [1.165, 1.54) is 10.9 Å². The molecule has 0 saturated carbocycles. The lowest BCUT2D eigenvalue weighted by Crippen LogP contribution is -2.38. The number of benzene rings is 2. The molecule has 0 unspecified atom stereocenters. The van der Waals surface area contributed by atoms with Crippen molar-refractivity contribution in [2.75, 3.05) is 20.2 Å². The summed E-state index contributed by atoms with van der Waals surface area (Å²) in [4.78, 5) is 18.3. The van der Waals surface area contributed by atoms with Crippen molar-refractivity contribution >= 4 is 28.4 Å². The molecule has 4 aromatic rings. The molecule has 1 aliphatic rings. The van der Waals surface area contributed by atoms with E-state index in [1.54, 1.807) is 24.1 Å². The average molecular weight is 435 g/mol. The van der Waals surface area contributed by atoms with E-state index in [1.807, 2.05) is 41.3 Å². The lowest BCUT2D eigenvalue weighted by molar-refractivity contribution is 0.0707. The molecule has 1 N–H and O–H groups in total. The second-order valence-corrected chi connectivity index (χ2v) is 8.28. The number of likely N-dealkylation sites (tertiary alicyclic amines) is 1. The Morgan fingerprint density at radius 2 is 2.00 bits per heavy atom. The first kappa shape index (κ1) is 19.7. The molecule has 6 nitrogen and oxygen atoms in total. The first-order valence-electron chi connectivity index (χ1n) is 10.4. The number of hydrogen-bond donors (Lipinski definition) is 1. The fourth-order valence-corrected chi connectivity index (χ4v) is 4.53. The van der Waals surface area contributed by atoms with Gasteiger partial charge in [-0.1, -0.05) is 17.7 Å². The van der Waals surface area contributed by atoms with Crippen LogP contribution in [-0.2, 0) is 0 Å². The van der Waals surface area contributed by atoms with E-state index in [9.17, 15) is 4.79 Å². The van der Waals surface area contributed by atoms with Crippen LogP contribution in [0.15, 0.2) is 60.9 Å². The average Bonchev–Trinajstić information content (AvgIpc) is 3.46. The Labute approximate surface area is 185 Å². The lowest BCUT2D eigenvalue weighted by atomic mass is 9.89. The Balaban J connectivity index is 1.28. The Kier molecular flexibility index (Phi) is 5.16. The molecule has 2 aromatic carbocycles. The zero-order chi connectivity index (χ0) is 21.4. The number of nitrogens with one attached hydrogen (secondary N) is 1. The number of piperidine rings is 1. The summed E-state index contributed by atoms with van der Waals surface area (Å²) in [7, 11) is 1.69. The van der Waals surface area contributed by atoms with E-state index in [2.05, 4.69) is 22.3 Å². The van der Waals surface area contributed by atoms with Crippen LogP contribution in [0.3, 0.4) is 0 Å². The van der Waals surface area contributed by atoms with E-state index >= 15 is 0 Å². The number of rotatable bonds is 4. The van der Waals surface area contributed by atoms with Crippen molar-refractivity contribution in [2.24, 2.45) is 0 Å². The van der Waals surface area contributed by atoms with Crippen LogP contribution in [-0.4, -0.2) is 45.8 Å². The highest BCUT2D eigenvalue weighted by atomic mass is 35.5. The molecule has 3 heterocycles. The molecule has 1 aliphatic heterocycles. The number of carbonyl (C=O) groups excluding carboxylic acids is 1. The van der Waals surface area contributed by atoms with Crippen molar-refractivity contribution in [1.29, 1.82) is 0 Å². The van der Waals surface area contributed by atoms with Gasteiger partial charge >= 0.3 is 0 Å². The predicted octanol–water partition coefficient (Wildman–Crippen LogP) is 5.04. The summed E-state index contributed by atoms with van der Waals surface area (Å²) in [6.45, 7) is 1.42. The maximum absolute atomic E-state index is 13.0. The van der Waals surface area contributed by atoms with Gasteiger partial charge in [0.2, 0.25) is 0 Å². The summed E-state index contributed by atoms with van der Waals surface area (Å²) in [5.74, 6) is 1.24. The number of carbonyl (C=O) groups is 1. The monoisotopic (exact) mass is 434 g/mol. The number of nitrogens with zero attached hydrogens (tertiary/aromatic N) is 3. The molecule has 0 bridgehead atoms. The number of aromatic nitrogens is 3. The summed E-state index contributed by atoms with van der Waals surface area (Å²) >= 11 is 6.07. The fourth-order valence-electron chi connectivity index (χ4n) is 4.34. The van der Waals surface area contributed by atoms with Crippen LogP contribution in [0.1, 0.15) is 34.8 Å². The van der Waals surface area contributed by atoms with Crippen molar-refractivity contribution in [3.63, 3.8) is 0 Å². The summed E-state index contributed by atoms with van der Waals surface area (Å²) in [5.41, 5.74) is 3.70. The van der Waals surface area contributed by atoms with Crippen LogP contribution < -0.4 is 4.74 Å². The third kappa shape index (κ3) is 3.79. The van der Waals surface area contributed by atoms with Gasteiger partial charge in [-0.3, -0.25) is 4.79 Å². The molecule has 0 spiro atoms. The molecule has 0 radical (unpaired) electrons. The minimum Gasteiger partial charge on any atom is -0.497 e. The second kappa shape index (κ2) is 8.12. The lowest BCUT2D eigenvalue weighted by Gasteiger charge is -2.31. The molecule has 1 amide bonds. The molecule has 0 atom stereocenters. The van der Waals surface area contributed by atoms with E-state index in [0.29, 0.717) is 29.7 Å². The number of methoxy groups -OCH3 is 1.